The number of hydrogen-bond acceptors (Lipinski definition) is 4. The summed E-state index contributed by atoms with van der Waals surface area (Å²) in [6, 6.07) is 5.00. The van der Waals surface area contributed by atoms with E-state index in [9.17, 15) is 4.39 Å². The average Bonchev–Trinajstić information content (AvgIpc) is 3.16. The summed E-state index contributed by atoms with van der Waals surface area (Å²) >= 11 is 7.44. The fraction of sp³-hybridized carbons (Fsp3) is 0.250. The third kappa shape index (κ3) is 3.54. The van der Waals surface area contributed by atoms with Crippen molar-refractivity contribution in [3.63, 3.8) is 0 Å². The van der Waals surface area contributed by atoms with Gasteiger partial charge in [-0.05, 0) is 25.1 Å². The summed E-state index contributed by atoms with van der Waals surface area (Å²) in [5.41, 5.74) is 1.50. The van der Waals surface area contributed by atoms with Crippen LogP contribution in [0.25, 0.3) is 11.3 Å². The van der Waals surface area contributed by atoms with E-state index in [1.807, 2.05) is 10.1 Å². The minimum Gasteiger partial charge on any atom is -0.494 e. The van der Waals surface area contributed by atoms with E-state index in [0.717, 1.165) is 22.7 Å². The lowest BCUT2D eigenvalue weighted by atomic mass is 10.1. The maximum Gasteiger partial charge on any atom is 0.165 e. The van der Waals surface area contributed by atoms with Crippen molar-refractivity contribution in [3.8, 4) is 17.0 Å². The van der Waals surface area contributed by atoms with Crippen LogP contribution in [0, 0.1) is 5.82 Å². The van der Waals surface area contributed by atoms with Crippen LogP contribution in [0.15, 0.2) is 36.0 Å². The number of rotatable bonds is 5. The number of hydrogen-bond donors (Lipinski definition) is 0. The monoisotopic (exact) mass is 351 g/mol. The normalized spacial score (nSPS) is 12.3. The van der Waals surface area contributed by atoms with Crippen LogP contribution in [-0.4, -0.2) is 21.9 Å². The summed E-state index contributed by atoms with van der Waals surface area (Å²) in [6.45, 7) is 2.05. The standard InChI is InChI=1S/C16H15ClFN3OS/c1-10(21-8-12(17)7-19-21)5-16-20-14(9-23-16)11-3-4-15(22-2)13(18)6-11/h3-4,6-10H,5H2,1-2H3. The van der Waals surface area contributed by atoms with E-state index in [0.29, 0.717) is 5.02 Å². The molecule has 0 amide bonds. The van der Waals surface area contributed by atoms with Gasteiger partial charge in [-0.25, -0.2) is 9.37 Å². The maximum atomic E-state index is 13.8. The first kappa shape index (κ1) is 16.0. The highest BCUT2D eigenvalue weighted by molar-refractivity contribution is 7.09. The van der Waals surface area contributed by atoms with E-state index < -0.39 is 0 Å². The number of nitrogens with zero attached hydrogens (tertiary/aromatic N) is 3. The van der Waals surface area contributed by atoms with Gasteiger partial charge in [0.2, 0.25) is 0 Å². The first-order valence-electron chi connectivity index (χ1n) is 7.05. The van der Waals surface area contributed by atoms with Crippen LogP contribution in [0.3, 0.4) is 0 Å². The van der Waals surface area contributed by atoms with Gasteiger partial charge >= 0.3 is 0 Å². The summed E-state index contributed by atoms with van der Waals surface area (Å²) in [5.74, 6) is -0.160. The second-order valence-electron chi connectivity index (χ2n) is 5.17. The van der Waals surface area contributed by atoms with E-state index in [1.165, 1.54) is 13.2 Å². The van der Waals surface area contributed by atoms with Crippen LogP contribution < -0.4 is 4.74 Å². The largest absolute Gasteiger partial charge is 0.494 e. The zero-order chi connectivity index (χ0) is 16.4. The molecule has 3 aromatic rings. The Balaban J connectivity index is 1.76. The van der Waals surface area contributed by atoms with Crippen LogP contribution in [0.4, 0.5) is 4.39 Å². The van der Waals surface area contributed by atoms with Crippen molar-refractivity contribution in [2.24, 2.45) is 0 Å². The van der Waals surface area contributed by atoms with Gasteiger partial charge in [-0.1, -0.05) is 11.6 Å². The molecule has 4 nitrogen and oxygen atoms in total. The third-order valence-electron chi connectivity index (χ3n) is 3.49. The number of halogens is 2. The Kier molecular flexibility index (Phi) is 4.63. The van der Waals surface area contributed by atoms with E-state index in [-0.39, 0.29) is 17.6 Å². The topological polar surface area (TPSA) is 39.9 Å². The van der Waals surface area contributed by atoms with Crippen molar-refractivity contribution in [1.29, 1.82) is 0 Å². The highest BCUT2D eigenvalue weighted by Crippen LogP contribution is 2.28. The number of ether oxygens (including phenoxy) is 1. The predicted molar refractivity (Wildman–Crippen MR) is 89.7 cm³/mol. The van der Waals surface area contributed by atoms with E-state index >= 15 is 0 Å². The highest BCUT2D eigenvalue weighted by atomic mass is 35.5. The Labute approximate surface area is 142 Å². The smallest absolute Gasteiger partial charge is 0.165 e. The average molecular weight is 352 g/mol. The van der Waals surface area contributed by atoms with E-state index in [2.05, 4.69) is 17.0 Å². The Hall–Kier alpha value is -1.92. The summed E-state index contributed by atoms with van der Waals surface area (Å²) < 4.78 is 20.6. The molecule has 1 aromatic carbocycles. The van der Waals surface area contributed by atoms with Crippen molar-refractivity contribution in [2.75, 3.05) is 7.11 Å². The number of aromatic nitrogens is 3. The van der Waals surface area contributed by atoms with Gasteiger partial charge in [0.15, 0.2) is 11.6 Å². The van der Waals surface area contributed by atoms with E-state index in [4.69, 9.17) is 16.3 Å². The molecule has 0 aliphatic rings. The number of thiazole rings is 1. The van der Waals surface area contributed by atoms with Gasteiger partial charge in [-0.2, -0.15) is 5.10 Å². The molecule has 2 heterocycles. The van der Waals surface area contributed by atoms with Crippen molar-refractivity contribution >= 4 is 22.9 Å². The number of benzene rings is 1. The maximum absolute atomic E-state index is 13.8. The molecule has 2 aromatic heterocycles. The van der Waals surface area contributed by atoms with Gasteiger partial charge in [-0.15, -0.1) is 11.3 Å². The summed E-state index contributed by atoms with van der Waals surface area (Å²) in [4.78, 5) is 4.59. The molecule has 0 aliphatic carbocycles. The Morgan fingerprint density at radius 1 is 1.43 bits per heavy atom. The minimum atomic E-state index is -0.390. The fourth-order valence-electron chi connectivity index (χ4n) is 2.27. The highest BCUT2D eigenvalue weighted by Gasteiger charge is 2.12. The Bertz CT molecular complexity index is 817. The predicted octanol–water partition coefficient (Wildman–Crippen LogP) is 4.61. The van der Waals surface area contributed by atoms with Gasteiger partial charge in [0.05, 0.1) is 35.1 Å². The lowest BCUT2D eigenvalue weighted by Crippen LogP contribution is -2.08. The summed E-state index contributed by atoms with van der Waals surface area (Å²) in [6.07, 6.45) is 4.15. The van der Waals surface area contributed by atoms with Crippen LogP contribution in [0.1, 0.15) is 18.0 Å². The first-order chi connectivity index (χ1) is 11.1. The minimum absolute atomic E-state index is 0.147. The molecule has 3 rings (SSSR count). The molecule has 0 spiro atoms. The lowest BCUT2D eigenvalue weighted by Gasteiger charge is -2.09. The molecule has 0 radical (unpaired) electrons. The van der Waals surface area contributed by atoms with Crippen molar-refractivity contribution in [3.05, 3.63) is 51.8 Å². The van der Waals surface area contributed by atoms with Crippen molar-refractivity contribution in [2.45, 2.75) is 19.4 Å². The molecule has 0 saturated heterocycles. The van der Waals surface area contributed by atoms with Crippen LogP contribution >= 0.6 is 22.9 Å². The van der Waals surface area contributed by atoms with Crippen LogP contribution in [0.2, 0.25) is 5.02 Å². The number of methoxy groups -OCH3 is 1. The molecule has 0 N–H and O–H groups in total. The molecule has 0 aliphatic heterocycles. The van der Waals surface area contributed by atoms with Crippen molar-refractivity contribution in [1.82, 2.24) is 14.8 Å². The van der Waals surface area contributed by atoms with Crippen LogP contribution in [-0.2, 0) is 6.42 Å². The molecule has 0 saturated carbocycles. The molecule has 0 fully saturated rings. The second kappa shape index (κ2) is 6.68. The van der Waals surface area contributed by atoms with Crippen molar-refractivity contribution < 1.29 is 9.13 Å². The molecule has 120 valence electrons. The Morgan fingerprint density at radius 2 is 2.26 bits per heavy atom. The fourth-order valence-corrected chi connectivity index (χ4v) is 3.33. The lowest BCUT2D eigenvalue weighted by molar-refractivity contribution is 0.386. The van der Waals surface area contributed by atoms with Gasteiger partial charge in [0, 0.05) is 23.6 Å². The summed E-state index contributed by atoms with van der Waals surface area (Å²) in [7, 11) is 1.45. The second-order valence-corrected chi connectivity index (χ2v) is 6.55. The SMILES string of the molecule is COc1ccc(-c2csc(CC(C)n3cc(Cl)cn3)n2)cc1F. The molecule has 1 atom stereocenters. The molecule has 0 bridgehead atoms. The molecule has 1 unspecified atom stereocenters. The molecule has 23 heavy (non-hydrogen) atoms. The Morgan fingerprint density at radius 3 is 2.91 bits per heavy atom. The van der Waals surface area contributed by atoms with Crippen LogP contribution in [0.5, 0.6) is 5.75 Å². The van der Waals surface area contributed by atoms with Gasteiger partial charge < -0.3 is 4.74 Å². The summed E-state index contributed by atoms with van der Waals surface area (Å²) in [5, 5.41) is 7.72. The molecule has 7 heteroatoms. The third-order valence-corrected chi connectivity index (χ3v) is 4.56. The first-order valence-corrected chi connectivity index (χ1v) is 8.30. The molecular weight excluding hydrogens is 337 g/mol. The zero-order valence-electron chi connectivity index (χ0n) is 12.7. The van der Waals surface area contributed by atoms with Gasteiger partial charge in [0.1, 0.15) is 0 Å². The zero-order valence-corrected chi connectivity index (χ0v) is 14.2. The van der Waals surface area contributed by atoms with Gasteiger partial charge in [-0.3, -0.25) is 4.68 Å². The quantitative estimate of drug-likeness (QED) is 0.673. The molecular formula is C16H15ClFN3OS. The van der Waals surface area contributed by atoms with Gasteiger partial charge in [0.25, 0.3) is 0 Å². The van der Waals surface area contributed by atoms with E-state index in [1.54, 1.807) is 35.9 Å².